The molecule has 0 aliphatic carbocycles. The van der Waals surface area contributed by atoms with E-state index in [0.717, 1.165) is 88.3 Å². The molecule has 0 saturated carbocycles. The van der Waals surface area contributed by atoms with Crippen LogP contribution in [0.1, 0.15) is 0 Å². The molecule has 7 aromatic carbocycles. The first-order valence-corrected chi connectivity index (χ1v) is 21.3. The number of hydrogen-bond donors (Lipinski definition) is 0. The van der Waals surface area contributed by atoms with Crippen LogP contribution in [0.25, 0.3) is 99.3 Å². The fourth-order valence-corrected chi connectivity index (χ4v) is 10.6. The average Bonchev–Trinajstić information content (AvgIpc) is 3.95. The smallest absolute Gasteiger partial charge is 0.268 e. The van der Waals surface area contributed by atoms with Gasteiger partial charge in [0, 0.05) is 56.1 Å². The summed E-state index contributed by atoms with van der Waals surface area (Å²) in [5.41, 5.74) is 11.1. The highest BCUT2D eigenvalue weighted by atomic mass is 32.2. The van der Waals surface area contributed by atoms with Crippen LogP contribution >= 0.6 is 0 Å². The summed E-state index contributed by atoms with van der Waals surface area (Å²) in [7, 11) is -4.00. The zero-order valence-electron chi connectivity index (χ0n) is 32.0. The lowest BCUT2D eigenvalue weighted by Crippen LogP contribution is -2.12. The lowest BCUT2D eigenvalue weighted by atomic mass is 10.0. The minimum Gasteiger partial charge on any atom is -0.294 e. The highest BCUT2D eigenvalue weighted by Gasteiger charge is 2.25. The maximum atomic E-state index is 14.7. The zero-order chi connectivity index (χ0) is 40.0. The molecule has 12 aromatic rings. The molecular formula is C52H33N5O2S. The van der Waals surface area contributed by atoms with Crippen molar-refractivity contribution in [2.45, 2.75) is 4.90 Å². The third kappa shape index (κ3) is 5.11. The SMILES string of the molecule is O=S(=O)(c1ccccc1)n1c2ccc(-n3c4ccc(-c5ccccc5)cc4c4cccnc43)cc2c2cc(-n3c4ccc(-c5ccccc5)cc4c4cccnc43)ccc21. The van der Waals surface area contributed by atoms with E-state index in [9.17, 15) is 8.42 Å². The van der Waals surface area contributed by atoms with Crippen LogP contribution in [-0.2, 0) is 10.0 Å². The van der Waals surface area contributed by atoms with Gasteiger partial charge in [-0.3, -0.25) is 9.13 Å². The molecule has 0 N–H and O–H groups in total. The van der Waals surface area contributed by atoms with Crippen LogP contribution in [0.2, 0.25) is 0 Å². The number of benzene rings is 7. The van der Waals surface area contributed by atoms with E-state index < -0.39 is 10.0 Å². The molecule has 7 nitrogen and oxygen atoms in total. The van der Waals surface area contributed by atoms with E-state index in [1.807, 2.05) is 67.0 Å². The molecule has 0 amide bonds. The number of nitrogens with zero attached hydrogens (tertiary/aromatic N) is 5. The van der Waals surface area contributed by atoms with Crippen LogP contribution in [0.4, 0.5) is 0 Å². The van der Waals surface area contributed by atoms with Crippen molar-refractivity contribution in [2.75, 3.05) is 0 Å². The molecule has 5 aromatic heterocycles. The van der Waals surface area contributed by atoms with Gasteiger partial charge in [0.1, 0.15) is 11.3 Å². The van der Waals surface area contributed by atoms with E-state index in [1.54, 1.807) is 24.3 Å². The van der Waals surface area contributed by atoms with E-state index >= 15 is 0 Å². The fraction of sp³-hybridized carbons (Fsp3) is 0. The van der Waals surface area contributed by atoms with Crippen LogP contribution in [0.5, 0.6) is 0 Å². The summed E-state index contributed by atoms with van der Waals surface area (Å²) in [6.45, 7) is 0. The van der Waals surface area contributed by atoms with Gasteiger partial charge < -0.3 is 0 Å². The summed E-state index contributed by atoms with van der Waals surface area (Å²) in [5.74, 6) is 0. The van der Waals surface area contributed by atoms with Crippen molar-refractivity contribution in [3.05, 3.63) is 200 Å². The van der Waals surface area contributed by atoms with E-state index in [4.69, 9.17) is 9.97 Å². The van der Waals surface area contributed by atoms with Gasteiger partial charge in [-0.1, -0.05) is 91.0 Å². The third-order valence-electron chi connectivity index (χ3n) is 11.8. The van der Waals surface area contributed by atoms with Gasteiger partial charge in [-0.2, -0.15) is 0 Å². The van der Waals surface area contributed by atoms with Crippen molar-refractivity contribution in [1.29, 1.82) is 0 Å². The predicted octanol–water partition coefficient (Wildman–Crippen LogP) is 12.3. The average molecular weight is 792 g/mol. The summed E-state index contributed by atoms with van der Waals surface area (Å²) < 4.78 is 35.2. The normalized spacial score (nSPS) is 12.1. The quantitative estimate of drug-likeness (QED) is 0.168. The third-order valence-corrected chi connectivity index (χ3v) is 13.5. The Bertz CT molecular complexity index is 3560. The Morgan fingerprint density at radius 3 is 1.23 bits per heavy atom. The molecule has 60 heavy (non-hydrogen) atoms. The highest BCUT2D eigenvalue weighted by molar-refractivity contribution is 7.90. The summed E-state index contributed by atoms with van der Waals surface area (Å²) in [6, 6.07) is 62.7. The Hall–Kier alpha value is -7.81. The first-order valence-electron chi connectivity index (χ1n) is 19.8. The Balaban J connectivity index is 1.12. The maximum Gasteiger partial charge on any atom is 0.268 e. The van der Waals surface area contributed by atoms with Gasteiger partial charge in [-0.15, -0.1) is 0 Å². The minimum atomic E-state index is -4.00. The number of pyridine rings is 2. The number of aromatic nitrogens is 5. The molecule has 0 aliphatic rings. The second kappa shape index (κ2) is 13.1. The van der Waals surface area contributed by atoms with E-state index in [2.05, 4.69) is 118 Å². The molecule has 0 bridgehead atoms. The Kier molecular flexibility index (Phi) is 7.48. The van der Waals surface area contributed by atoms with Gasteiger partial charge >= 0.3 is 0 Å². The predicted molar refractivity (Wildman–Crippen MR) is 244 cm³/mol. The summed E-state index contributed by atoms with van der Waals surface area (Å²) in [6.07, 6.45) is 3.64. The van der Waals surface area contributed by atoms with E-state index in [0.29, 0.717) is 11.0 Å². The van der Waals surface area contributed by atoms with Crippen LogP contribution in [-0.4, -0.2) is 31.5 Å². The lowest BCUT2D eigenvalue weighted by Gasteiger charge is -2.11. The van der Waals surface area contributed by atoms with Crippen LogP contribution in [0, 0.1) is 0 Å². The summed E-state index contributed by atoms with van der Waals surface area (Å²) in [5, 5.41) is 5.86. The topological polar surface area (TPSA) is 74.7 Å². The van der Waals surface area contributed by atoms with Gasteiger partial charge in [0.05, 0.1) is 27.0 Å². The molecule has 0 aliphatic heterocycles. The zero-order valence-corrected chi connectivity index (χ0v) is 32.8. The van der Waals surface area contributed by atoms with Gasteiger partial charge in [0.15, 0.2) is 0 Å². The highest BCUT2D eigenvalue weighted by Crippen LogP contribution is 2.40. The number of hydrogen-bond acceptors (Lipinski definition) is 4. The van der Waals surface area contributed by atoms with Crippen molar-refractivity contribution >= 4 is 75.7 Å². The second-order valence-corrected chi connectivity index (χ2v) is 16.9. The van der Waals surface area contributed by atoms with Crippen LogP contribution < -0.4 is 0 Å². The molecule has 284 valence electrons. The van der Waals surface area contributed by atoms with Crippen molar-refractivity contribution in [1.82, 2.24) is 23.1 Å². The monoisotopic (exact) mass is 791 g/mol. The van der Waals surface area contributed by atoms with Gasteiger partial charge in [-0.05, 0) is 119 Å². The second-order valence-electron chi connectivity index (χ2n) is 15.1. The van der Waals surface area contributed by atoms with E-state index in [-0.39, 0.29) is 4.90 Å². The largest absolute Gasteiger partial charge is 0.294 e. The molecular weight excluding hydrogens is 759 g/mol. The van der Waals surface area contributed by atoms with Crippen molar-refractivity contribution in [2.24, 2.45) is 0 Å². The van der Waals surface area contributed by atoms with Crippen LogP contribution in [0.15, 0.2) is 205 Å². The summed E-state index contributed by atoms with van der Waals surface area (Å²) >= 11 is 0. The van der Waals surface area contributed by atoms with Gasteiger partial charge in [0.25, 0.3) is 10.0 Å². The molecule has 0 saturated heterocycles. The molecule has 0 unspecified atom stereocenters. The lowest BCUT2D eigenvalue weighted by molar-refractivity contribution is 0.590. The Labute approximate surface area is 344 Å². The number of rotatable bonds is 6. The van der Waals surface area contributed by atoms with Crippen molar-refractivity contribution in [3.63, 3.8) is 0 Å². The van der Waals surface area contributed by atoms with Crippen molar-refractivity contribution < 1.29 is 8.42 Å². The first-order chi connectivity index (χ1) is 29.5. The minimum absolute atomic E-state index is 0.221. The van der Waals surface area contributed by atoms with Gasteiger partial charge in [-0.25, -0.2) is 22.4 Å². The molecule has 0 spiro atoms. The fourth-order valence-electron chi connectivity index (χ4n) is 9.03. The standard InChI is InChI=1S/C52H33N5O2S/c58-60(59,40-16-8-3-9-17-40)57-49-26-22-38(55-47-24-20-36(34-12-4-1-5-13-34)30-43(47)41-18-10-28-53-51(41)55)32-45(49)46-33-39(23-27-50(46)57)56-48-25-21-37(35-14-6-2-7-15-35)31-44(48)42-19-11-29-54-52(42)56/h1-33H. The Morgan fingerprint density at radius 2 is 0.767 bits per heavy atom. The van der Waals surface area contributed by atoms with E-state index in [1.165, 1.54) is 3.97 Å². The first kappa shape index (κ1) is 34.3. The maximum absolute atomic E-state index is 14.7. The van der Waals surface area contributed by atoms with Crippen LogP contribution in [0.3, 0.4) is 0 Å². The van der Waals surface area contributed by atoms with Gasteiger partial charge in [0.2, 0.25) is 0 Å². The van der Waals surface area contributed by atoms with Crippen molar-refractivity contribution in [3.8, 4) is 33.6 Å². The molecule has 8 heteroatoms. The molecule has 5 heterocycles. The molecule has 0 atom stereocenters. The Morgan fingerprint density at radius 1 is 0.350 bits per heavy atom. The molecule has 12 rings (SSSR count). The number of fused-ring (bicyclic) bond motifs is 9. The summed E-state index contributed by atoms with van der Waals surface area (Å²) in [4.78, 5) is 10.0. The molecule has 0 radical (unpaired) electrons. The molecule has 0 fully saturated rings.